The van der Waals surface area contributed by atoms with E-state index in [-0.39, 0.29) is 56.4 Å². The molecule has 19 nitrogen and oxygen atoms in total. The number of hydrogen-bond donors (Lipinski definition) is 8. The van der Waals surface area contributed by atoms with Crippen molar-refractivity contribution >= 4 is 87.4 Å². The molecule has 0 spiro atoms. The van der Waals surface area contributed by atoms with Gasteiger partial charge in [-0.25, -0.2) is 4.79 Å². The maximum Gasteiger partial charge on any atom is 0.351 e. The van der Waals surface area contributed by atoms with Crippen molar-refractivity contribution in [1.82, 2.24) is 15.0 Å². The number of benzene rings is 4. The van der Waals surface area contributed by atoms with E-state index < -0.39 is 78.9 Å². The quantitative estimate of drug-likeness (QED) is 0.0583. The molecular formula is C26H20ClCuN7O12S3. The van der Waals surface area contributed by atoms with Crippen LogP contribution in [0.4, 0.5) is 34.6 Å². The number of phenolic OH excluding ortho intramolecular Hbond substituents is 2. The van der Waals surface area contributed by atoms with E-state index in [2.05, 4.69) is 35.8 Å². The number of H-pyrrole nitrogens is 1. The molecular weight excluding hydrogens is 798 g/mol. The largest absolute Gasteiger partial charge is 0.505 e. The molecule has 0 bridgehead atoms. The molecule has 1 aromatic heterocycles. The summed E-state index contributed by atoms with van der Waals surface area (Å²) < 4.78 is 99.0. The Hall–Kier alpha value is -4.71. The number of hydrogen-bond acceptors (Lipinski definition) is 15. The van der Waals surface area contributed by atoms with Crippen molar-refractivity contribution in [1.29, 1.82) is 0 Å². The molecule has 0 saturated heterocycles. The van der Waals surface area contributed by atoms with Gasteiger partial charge < -0.3 is 20.8 Å². The zero-order valence-electron chi connectivity index (χ0n) is 24.5. The summed E-state index contributed by atoms with van der Waals surface area (Å²) in [5.74, 6) is -2.16. The van der Waals surface area contributed by atoms with Gasteiger partial charge in [-0.2, -0.15) is 35.2 Å². The predicted molar refractivity (Wildman–Crippen MR) is 173 cm³/mol. The van der Waals surface area contributed by atoms with Crippen LogP contribution in [-0.4, -0.2) is 64.1 Å². The van der Waals surface area contributed by atoms with Gasteiger partial charge in [-0.3, -0.25) is 18.6 Å². The molecule has 8 N–H and O–H groups in total. The first-order valence-electron chi connectivity index (χ1n) is 13.0. The molecule has 0 aliphatic heterocycles. The number of nitrogens with one attached hydrogen (secondary N) is 3. The SMILES string of the molecule is Cc1cc2cc(S(=O)(=O)O)cc(Nc3nc(Nc4cccc(S(=O)(=O)O)c4)[nH]c(=O)n3)c2c(O)c1N=Nc1cc(S(=O)(=O)O)cc(Cl)c1O.[Cu]. The van der Waals surface area contributed by atoms with E-state index in [9.17, 15) is 53.9 Å². The molecule has 24 heteroatoms. The van der Waals surface area contributed by atoms with Crippen molar-refractivity contribution in [3.05, 3.63) is 75.7 Å². The van der Waals surface area contributed by atoms with Crippen LogP contribution >= 0.6 is 11.6 Å². The number of aromatic amines is 1. The molecule has 0 amide bonds. The van der Waals surface area contributed by atoms with Gasteiger partial charge >= 0.3 is 5.69 Å². The average Bonchev–Trinajstić information content (AvgIpc) is 2.97. The van der Waals surface area contributed by atoms with Crippen LogP contribution in [0.3, 0.4) is 0 Å². The van der Waals surface area contributed by atoms with E-state index in [0.717, 1.165) is 36.4 Å². The van der Waals surface area contributed by atoms with Gasteiger partial charge in [0, 0.05) is 28.1 Å². The Balaban J connectivity index is 0.00000562. The molecule has 4 aromatic carbocycles. The summed E-state index contributed by atoms with van der Waals surface area (Å²) in [5, 5.41) is 33.8. The van der Waals surface area contributed by atoms with E-state index in [0.29, 0.717) is 0 Å². The minimum atomic E-state index is -4.85. The third kappa shape index (κ3) is 8.35. The van der Waals surface area contributed by atoms with Crippen LogP contribution < -0.4 is 16.3 Å². The number of phenols is 2. The third-order valence-corrected chi connectivity index (χ3v) is 9.31. The Kier molecular flexibility index (Phi) is 10.6. The van der Waals surface area contributed by atoms with Crippen molar-refractivity contribution in [3.8, 4) is 11.5 Å². The van der Waals surface area contributed by atoms with Crippen molar-refractivity contribution in [2.75, 3.05) is 10.6 Å². The Labute approximate surface area is 296 Å². The van der Waals surface area contributed by atoms with Crippen molar-refractivity contribution in [2.45, 2.75) is 21.6 Å². The van der Waals surface area contributed by atoms with E-state index in [1.165, 1.54) is 25.1 Å². The Morgan fingerprint density at radius 1 is 0.780 bits per heavy atom. The van der Waals surface area contributed by atoms with Gasteiger partial charge in [0.1, 0.15) is 11.4 Å². The van der Waals surface area contributed by atoms with Crippen LogP contribution in [0.5, 0.6) is 11.5 Å². The van der Waals surface area contributed by atoms with Gasteiger partial charge in [0.2, 0.25) is 11.9 Å². The summed E-state index contributed by atoms with van der Waals surface area (Å²) in [7, 11) is -14.2. The minimum absolute atomic E-state index is 0. The van der Waals surface area contributed by atoms with Crippen LogP contribution in [0.2, 0.25) is 5.02 Å². The van der Waals surface area contributed by atoms with Crippen LogP contribution in [0.25, 0.3) is 10.8 Å². The van der Waals surface area contributed by atoms with Gasteiger partial charge in [0.15, 0.2) is 11.5 Å². The molecule has 1 heterocycles. The Morgan fingerprint density at radius 3 is 2.06 bits per heavy atom. The Bertz CT molecular complexity index is 2620. The second-order valence-electron chi connectivity index (χ2n) is 9.96. The second kappa shape index (κ2) is 13.9. The number of nitrogens with zero attached hydrogens (tertiary/aromatic N) is 4. The van der Waals surface area contributed by atoms with E-state index in [1.54, 1.807) is 0 Å². The zero-order valence-corrected chi connectivity index (χ0v) is 28.6. The number of aromatic hydroxyl groups is 2. The van der Waals surface area contributed by atoms with Gasteiger partial charge in [0.05, 0.1) is 25.4 Å². The summed E-state index contributed by atoms with van der Waals surface area (Å²) in [5.41, 5.74) is -1.86. The molecule has 50 heavy (non-hydrogen) atoms. The molecule has 0 aliphatic rings. The molecule has 0 unspecified atom stereocenters. The molecule has 267 valence electrons. The van der Waals surface area contributed by atoms with Gasteiger partial charge in [-0.15, -0.1) is 10.2 Å². The van der Waals surface area contributed by atoms with Gasteiger partial charge in [-0.05, 0) is 66.4 Å². The molecule has 1 radical (unpaired) electrons. The topological polar surface area (TPSA) is 311 Å². The van der Waals surface area contributed by atoms with Crippen molar-refractivity contribution < 1.29 is 66.2 Å². The summed E-state index contributed by atoms with van der Waals surface area (Å²) >= 11 is 5.86. The van der Waals surface area contributed by atoms with Crippen molar-refractivity contribution in [2.24, 2.45) is 10.2 Å². The summed E-state index contributed by atoms with van der Waals surface area (Å²) in [6.07, 6.45) is 0. The molecule has 5 rings (SSSR count). The maximum absolute atomic E-state index is 12.4. The first-order valence-corrected chi connectivity index (χ1v) is 17.7. The Morgan fingerprint density at radius 2 is 1.42 bits per heavy atom. The fourth-order valence-electron chi connectivity index (χ4n) is 4.38. The van der Waals surface area contributed by atoms with E-state index in [1.807, 2.05) is 0 Å². The predicted octanol–water partition coefficient (Wildman–Crippen LogP) is 4.33. The smallest absolute Gasteiger partial charge is 0.351 e. The molecule has 0 aliphatic carbocycles. The molecule has 0 saturated carbocycles. The zero-order chi connectivity index (χ0) is 36.1. The van der Waals surface area contributed by atoms with Gasteiger partial charge in [0.25, 0.3) is 30.4 Å². The van der Waals surface area contributed by atoms with E-state index in [4.69, 9.17) is 11.6 Å². The van der Waals surface area contributed by atoms with E-state index >= 15 is 0 Å². The number of halogens is 1. The fraction of sp³-hybridized carbons (Fsp3) is 0.0385. The van der Waals surface area contributed by atoms with Gasteiger partial charge in [-0.1, -0.05) is 17.7 Å². The normalized spacial score (nSPS) is 12.2. The second-order valence-corrected chi connectivity index (χ2v) is 14.6. The monoisotopic (exact) mass is 816 g/mol. The molecule has 5 aromatic rings. The molecule has 0 atom stereocenters. The first-order chi connectivity index (χ1) is 22.7. The number of anilines is 4. The first kappa shape index (κ1) is 38.1. The van der Waals surface area contributed by atoms with Crippen LogP contribution in [0.1, 0.15) is 5.56 Å². The fourth-order valence-corrected chi connectivity index (χ4v) is 6.25. The number of aromatic nitrogens is 3. The number of fused-ring (bicyclic) bond motifs is 1. The van der Waals surface area contributed by atoms with Crippen molar-refractivity contribution in [3.63, 3.8) is 0 Å². The standard InChI is InChI=1S/C26H20ClN7O12S3.Cu/c1-11-5-12-6-15(48(41,42)43)9-18(20(12)23(36)21(11)34-33-19-10-16(49(44,45)46)8-17(27)22(19)35)29-25-30-24(31-26(37)32-25)28-13-3-2-4-14(7-13)47(38,39)40;/h2-10,35-36H,1H3,(H,38,39,40)(H,41,42,43)(H,44,45,46)(H3,28,29,30,31,32,37);. The van der Waals surface area contributed by atoms with Crippen LogP contribution in [0.15, 0.2) is 84.3 Å². The average molecular weight is 818 g/mol. The summed E-state index contributed by atoms with van der Waals surface area (Å²) in [6.45, 7) is 1.43. The maximum atomic E-state index is 12.4. The van der Waals surface area contributed by atoms with Crippen LogP contribution in [0, 0.1) is 6.92 Å². The molecule has 0 fully saturated rings. The number of aryl methyl sites for hydroxylation is 1. The third-order valence-electron chi connectivity index (χ3n) is 6.51. The summed E-state index contributed by atoms with van der Waals surface area (Å²) in [6, 6.07) is 9.57. The summed E-state index contributed by atoms with van der Waals surface area (Å²) in [4.78, 5) is 20.6. The number of azo groups is 1. The number of rotatable bonds is 9. The minimum Gasteiger partial charge on any atom is -0.505 e. The van der Waals surface area contributed by atoms with Crippen LogP contribution in [-0.2, 0) is 47.4 Å².